The number of hydrogen-bond donors (Lipinski definition) is 1. The summed E-state index contributed by atoms with van der Waals surface area (Å²) in [4.78, 5) is 12.5. The quantitative estimate of drug-likeness (QED) is 0.888. The average Bonchev–Trinajstić information content (AvgIpc) is 2.63. The highest BCUT2D eigenvalue weighted by Crippen LogP contribution is 2.32. The molecule has 1 saturated heterocycles. The Hall–Kier alpha value is -2.12. The van der Waals surface area contributed by atoms with Gasteiger partial charge in [0.25, 0.3) is 5.56 Å². The normalized spacial score (nSPS) is 21.7. The van der Waals surface area contributed by atoms with Crippen molar-refractivity contribution in [3.63, 3.8) is 0 Å². The van der Waals surface area contributed by atoms with Crippen LogP contribution in [0, 0.1) is 5.92 Å². The molecule has 144 valence electrons. The Balaban J connectivity index is 1.42. The van der Waals surface area contributed by atoms with E-state index in [1.807, 2.05) is 10.6 Å². The van der Waals surface area contributed by atoms with Crippen LogP contribution in [-0.2, 0) is 30.7 Å². The third kappa shape index (κ3) is 3.94. The molecule has 3 heterocycles. The Kier molecular flexibility index (Phi) is 4.82. The summed E-state index contributed by atoms with van der Waals surface area (Å²) in [7, 11) is 0. The van der Waals surface area contributed by atoms with Crippen molar-refractivity contribution in [3.05, 3.63) is 69.1 Å². The van der Waals surface area contributed by atoms with Crippen molar-refractivity contribution in [2.75, 3.05) is 13.1 Å². The van der Waals surface area contributed by atoms with E-state index in [4.69, 9.17) is 4.74 Å². The number of aromatic nitrogens is 1. The van der Waals surface area contributed by atoms with Crippen LogP contribution in [-0.4, -0.2) is 17.7 Å². The van der Waals surface area contributed by atoms with E-state index in [9.17, 15) is 18.0 Å². The Labute approximate surface area is 155 Å². The van der Waals surface area contributed by atoms with Crippen molar-refractivity contribution in [1.29, 1.82) is 0 Å². The summed E-state index contributed by atoms with van der Waals surface area (Å²) in [6.45, 7) is 3.05. The van der Waals surface area contributed by atoms with Gasteiger partial charge in [-0.15, -0.1) is 0 Å². The minimum Gasteiger partial charge on any atom is -0.372 e. The molecule has 4 nitrogen and oxygen atoms in total. The molecular formula is C20H21F3N2O2. The first-order chi connectivity index (χ1) is 12.9. The van der Waals surface area contributed by atoms with E-state index in [0.717, 1.165) is 49.4 Å². The Morgan fingerprint density at radius 3 is 2.56 bits per heavy atom. The van der Waals surface area contributed by atoms with E-state index in [1.54, 1.807) is 6.07 Å². The molecular weight excluding hydrogens is 357 g/mol. The van der Waals surface area contributed by atoms with Crippen LogP contribution in [0.5, 0.6) is 0 Å². The summed E-state index contributed by atoms with van der Waals surface area (Å²) in [5.41, 5.74) is 1.85. The second kappa shape index (κ2) is 7.13. The fourth-order valence-electron chi connectivity index (χ4n) is 4.02. The molecule has 1 aromatic heterocycles. The van der Waals surface area contributed by atoms with Gasteiger partial charge in [0.2, 0.25) is 0 Å². The summed E-state index contributed by atoms with van der Waals surface area (Å²) in [6, 6.07) is 8.57. The Morgan fingerprint density at radius 2 is 1.81 bits per heavy atom. The minimum absolute atomic E-state index is 0.00256. The van der Waals surface area contributed by atoms with Crippen LogP contribution in [0.25, 0.3) is 0 Å². The van der Waals surface area contributed by atoms with Gasteiger partial charge in [-0.3, -0.25) is 4.79 Å². The highest BCUT2D eigenvalue weighted by molar-refractivity contribution is 5.25. The van der Waals surface area contributed by atoms with E-state index in [1.165, 1.54) is 12.1 Å². The largest absolute Gasteiger partial charge is 0.416 e. The van der Waals surface area contributed by atoms with Gasteiger partial charge in [0.1, 0.15) is 0 Å². The number of alkyl halides is 3. The molecule has 0 aliphatic carbocycles. The number of pyridine rings is 1. The number of rotatable bonds is 4. The van der Waals surface area contributed by atoms with Gasteiger partial charge in [-0.05, 0) is 48.2 Å². The smallest absolute Gasteiger partial charge is 0.372 e. The summed E-state index contributed by atoms with van der Waals surface area (Å²) >= 11 is 0. The van der Waals surface area contributed by atoms with Gasteiger partial charge < -0.3 is 14.6 Å². The molecule has 2 aromatic rings. The van der Waals surface area contributed by atoms with E-state index in [2.05, 4.69) is 5.32 Å². The van der Waals surface area contributed by atoms with E-state index >= 15 is 0 Å². The number of piperidine rings is 1. The third-order valence-electron chi connectivity index (χ3n) is 5.34. The molecule has 4 rings (SSSR count). The van der Waals surface area contributed by atoms with Crippen molar-refractivity contribution in [2.24, 2.45) is 5.92 Å². The second-order valence-electron chi connectivity index (χ2n) is 7.38. The molecule has 1 N–H and O–H groups in total. The topological polar surface area (TPSA) is 43.3 Å². The van der Waals surface area contributed by atoms with Gasteiger partial charge in [-0.1, -0.05) is 12.1 Å². The molecule has 1 aromatic carbocycles. The van der Waals surface area contributed by atoms with E-state index in [-0.39, 0.29) is 18.8 Å². The molecule has 0 saturated carbocycles. The summed E-state index contributed by atoms with van der Waals surface area (Å²) < 4.78 is 45.3. The van der Waals surface area contributed by atoms with Crippen molar-refractivity contribution >= 4 is 0 Å². The van der Waals surface area contributed by atoms with E-state index in [0.29, 0.717) is 17.4 Å². The van der Waals surface area contributed by atoms with Crippen LogP contribution in [0.15, 0.2) is 41.2 Å². The lowest BCUT2D eigenvalue weighted by atomic mass is 9.84. The number of benzene rings is 1. The SMILES string of the molecule is O=c1cc(COCc2ccc(C(F)(F)F)cc2)cc2n1C[C@@H]1CNCC2C1. The first-order valence-electron chi connectivity index (χ1n) is 9.08. The molecule has 1 fully saturated rings. The predicted molar refractivity (Wildman–Crippen MR) is 94.4 cm³/mol. The highest BCUT2D eigenvalue weighted by atomic mass is 19.4. The van der Waals surface area contributed by atoms with E-state index < -0.39 is 11.7 Å². The summed E-state index contributed by atoms with van der Waals surface area (Å²) in [5.74, 6) is 0.857. The van der Waals surface area contributed by atoms with Crippen molar-refractivity contribution in [3.8, 4) is 0 Å². The zero-order chi connectivity index (χ0) is 19.0. The first-order valence-corrected chi connectivity index (χ1v) is 9.08. The molecule has 7 heteroatoms. The molecule has 0 spiro atoms. The molecule has 2 aliphatic rings. The fraction of sp³-hybridized carbons (Fsp3) is 0.450. The maximum Gasteiger partial charge on any atom is 0.416 e. The Bertz CT molecular complexity index is 874. The zero-order valence-electron chi connectivity index (χ0n) is 14.8. The maximum absolute atomic E-state index is 12.6. The van der Waals surface area contributed by atoms with Crippen LogP contribution >= 0.6 is 0 Å². The van der Waals surface area contributed by atoms with Crippen LogP contribution < -0.4 is 10.9 Å². The fourth-order valence-corrected chi connectivity index (χ4v) is 4.02. The van der Waals surface area contributed by atoms with Crippen molar-refractivity contribution in [2.45, 2.75) is 38.3 Å². The standard InChI is InChI=1S/C20H21F3N2O2/c21-20(22,23)17-3-1-13(2-4-17)11-27-12-14-6-18-16-5-15(8-24-9-16)10-25(18)19(26)7-14/h1-4,6-7,15-16,24H,5,8-12H2/t15-,16?/m0/s1. The lowest BCUT2D eigenvalue weighted by Crippen LogP contribution is -2.45. The summed E-state index contributed by atoms with van der Waals surface area (Å²) in [6.07, 6.45) is -3.24. The van der Waals surface area contributed by atoms with Crippen LogP contribution in [0.1, 0.15) is 34.7 Å². The number of nitrogens with zero attached hydrogens (tertiary/aromatic N) is 1. The number of halogens is 3. The molecule has 0 amide bonds. The van der Waals surface area contributed by atoms with Gasteiger partial charge in [-0.2, -0.15) is 13.2 Å². The molecule has 0 radical (unpaired) electrons. The van der Waals surface area contributed by atoms with Gasteiger partial charge in [0, 0.05) is 30.8 Å². The zero-order valence-corrected chi connectivity index (χ0v) is 14.8. The molecule has 27 heavy (non-hydrogen) atoms. The number of hydrogen-bond acceptors (Lipinski definition) is 3. The second-order valence-corrected chi connectivity index (χ2v) is 7.38. The molecule has 2 atom stereocenters. The first kappa shape index (κ1) is 18.3. The maximum atomic E-state index is 12.6. The van der Waals surface area contributed by atoms with Crippen LogP contribution in [0.2, 0.25) is 0 Å². The van der Waals surface area contributed by atoms with Crippen molar-refractivity contribution < 1.29 is 17.9 Å². The number of nitrogens with one attached hydrogen (secondary N) is 1. The molecule has 1 unspecified atom stereocenters. The predicted octanol–water partition coefficient (Wildman–Crippen LogP) is 3.29. The van der Waals surface area contributed by atoms with Crippen LogP contribution in [0.4, 0.5) is 13.2 Å². The summed E-state index contributed by atoms with van der Waals surface area (Å²) in [5, 5.41) is 3.42. The van der Waals surface area contributed by atoms with Gasteiger partial charge >= 0.3 is 6.18 Å². The third-order valence-corrected chi connectivity index (χ3v) is 5.34. The number of ether oxygens (including phenoxy) is 1. The monoisotopic (exact) mass is 378 g/mol. The molecule has 2 bridgehead atoms. The van der Waals surface area contributed by atoms with Crippen LogP contribution in [0.3, 0.4) is 0 Å². The van der Waals surface area contributed by atoms with Gasteiger partial charge in [0.15, 0.2) is 0 Å². The van der Waals surface area contributed by atoms with Crippen molar-refractivity contribution in [1.82, 2.24) is 9.88 Å². The molecule has 2 aliphatic heterocycles. The van der Waals surface area contributed by atoms with Gasteiger partial charge in [0.05, 0.1) is 18.8 Å². The van der Waals surface area contributed by atoms with Gasteiger partial charge in [-0.25, -0.2) is 0 Å². The minimum atomic E-state index is -4.34. The lowest BCUT2D eigenvalue weighted by Gasteiger charge is -2.37. The average molecular weight is 378 g/mol. The number of fused-ring (bicyclic) bond motifs is 4. The highest BCUT2D eigenvalue weighted by Gasteiger charge is 2.31. The Morgan fingerprint density at radius 1 is 1.07 bits per heavy atom. The lowest BCUT2D eigenvalue weighted by molar-refractivity contribution is -0.137.